The molecule has 0 N–H and O–H groups in total. The molecule has 0 radical (unpaired) electrons. The summed E-state index contributed by atoms with van der Waals surface area (Å²) in [6.45, 7) is 4.27. The van der Waals surface area contributed by atoms with Gasteiger partial charge in [-0.1, -0.05) is 42.0 Å². The molecule has 1 heterocycles. The van der Waals surface area contributed by atoms with Crippen molar-refractivity contribution in [3.63, 3.8) is 0 Å². The van der Waals surface area contributed by atoms with Crippen LogP contribution in [0.2, 0.25) is 0 Å². The van der Waals surface area contributed by atoms with Crippen molar-refractivity contribution in [2.24, 2.45) is 0 Å². The van der Waals surface area contributed by atoms with E-state index in [2.05, 4.69) is 44.2 Å². The van der Waals surface area contributed by atoms with Crippen molar-refractivity contribution in [3.8, 4) is 0 Å². The molecule has 0 saturated carbocycles. The quantitative estimate of drug-likeness (QED) is 0.564. The lowest BCUT2D eigenvalue weighted by Gasteiger charge is -2.00. The fraction of sp³-hybridized carbons (Fsp3) is 0.176. The Morgan fingerprint density at radius 2 is 1.78 bits per heavy atom. The van der Waals surface area contributed by atoms with E-state index in [0.717, 1.165) is 17.6 Å². The first-order valence-corrected chi connectivity index (χ1v) is 6.28. The van der Waals surface area contributed by atoms with Crippen LogP contribution in [0, 0.1) is 0 Å². The maximum atomic E-state index is 5.88. The van der Waals surface area contributed by atoms with Crippen LogP contribution in [0.1, 0.15) is 19.4 Å². The molecule has 0 spiro atoms. The van der Waals surface area contributed by atoms with Crippen molar-refractivity contribution in [2.75, 3.05) is 0 Å². The summed E-state index contributed by atoms with van der Waals surface area (Å²) in [5.41, 5.74) is 4.63. The zero-order valence-corrected chi connectivity index (χ0v) is 10.7. The summed E-state index contributed by atoms with van der Waals surface area (Å²) in [5.74, 6) is 0. The van der Waals surface area contributed by atoms with Crippen molar-refractivity contribution in [2.45, 2.75) is 20.3 Å². The number of para-hydroxylation sites is 1. The number of furan rings is 1. The van der Waals surface area contributed by atoms with Crippen molar-refractivity contribution < 1.29 is 4.42 Å². The molecule has 0 atom stereocenters. The molecule has 2 aromatic carbocycles. The summed E-state index contributed by atoms with van der Waals surface area (Å²) in [6, 6.07) is 14.5. The van der Waals surface area contributed by atoms with E-state index in [1.807, 2.05) is 18.2 Å². The number of rotatable bonds is 2. The van der Waals surface area contributed by atoms with Crippen LogP contribution >= 0.6 is 0 Å². The van der Waals surface area contributed by atoms with Crippen LogP contribution in [0.4, 0.5) is 0 Å². The monoisotopic (exact) mass is 236 g/mol. The molecule has 90 valence electrons. The van der Waals surface area contributed by atoms with Gasteiger partial charge in [-0.15, -0.1) is 0 Å². The summed E-state index contributed by atoms with van der Waals surface area (Å²) in [4.78, 5) is 0. The molecule has 3 aromatic rings. The molecule has 3 rings (SSSR count). The minimum atomic E-state index is 0.962. The predicted molar refractivity (Wildman–Crippen MR) is 76.9 cm³/mol. The maximum Gasteiger partial charge on any atom is 0.135 e. The number of hydrogen-bond donors (Lipinski definition) is 0. The van der Waals surface area contributed by atoms with Gasteiger partial charge in [0.2, 0.25) is 0 Å². The van der Waals surface area contributed by atoms with Gasteiger partial charge in [-0.3, -0.25) is 0 Å². The lowest BCUT2D eigenvalue weighted by molar-refractivity contribution is 0.668. The van der Waals surface area contributed by atoms with Gasteiger partial charge in [-0.25, -0.2) is 0 Å². The Hall–Kier alpha value is -2.02. The molecule has 0 aliphatic rings. The maximum absolute atomic E-state index is 5.88. The Labute approximate surface area is 107 Å². The zero-order valence-electron chi connectivity index (χ0n) is 10.7. The zero-order chi connectivity index (χ0) is 12.5. The predicted octanol–water partition coefficient (Wildman–Crippen LogP) is 5.09. The Morgan fingerprint density at radius 1 is 1.00 bits per heavy atom. The second kappa shape index (κ2) is 4.34. The lowest BCUT2D eigenvalue weighted by atomic mass is 10.0. The Bertz CT molecular complexity index is 728. The minimum absolute atomic E-state index is 0.962. The minimum Gasteiger partial charge on any atom is -0.456 e. The van der Waals surface area contributed by atoms with E-state index >= 15 is 0 Å². The van der Waals surface area contributed by atoms with E-state index in [4.69, 9.17) is 4.42 Å². The van der Waals surface area contributed by atoms with E-state index in [9.17, 15) is 0 Å². The van der Waals surface area contributed by atoms with Gasteiger partial charge >= 0.3 is 0 Å². The fourth-order valence-electron chi connectivity index (χ4n) is 2.33. The molecule has 0 fully saturated rings. The van der Waals surface area contributed by atoms with Gasteiger partial charge in [-0.2, -0.15) is 0 Å². The molecule has 0 saturated heterocycles. The van der Waals surface area contributed by atoms with Crippen LogP contribution in [0.25, 0.3) is 21.9 Å². The molecule has 1 nitrogen and oxygen atoms in total. The second-order valence-corrected chi connectivity index (χ2v) is 4.87. The summed E-state index contributed by atoms with van der Waals surface area (Å²) in [6.07, 6.45) is 3.22. The molecule has 0 aliphatic carbocycles. The Balaban J connectivity index is 2.28. The second-order valence-electron chi connectivity index (χ2n) is 4.87. The average Bonchev–Trinajstić information content (AvgIpc) is 2.75. The standard InChI is InChI=1S/C17H16O/c1-12(2)10-11-13-6-5-9-16-17(13)14-7-3-4-8-15(14)18-16/h3-10H,11H2,1-2H3. The fourth-order valence-corrected chi connectivity index (χ4v) is 2.33. The molecular weight excluding hydrogens is 220 g/mol. The summed E-state index contributed by atoms with van der Waals surface area (Å²) < 4.78 is 5.88. The van der Waals surface area contributed by atoms with E-state index in [1.54, 1.807) is 0 Å². The summed E-state index contributed by atoms with van der Waals surface area (Å²) >= 11 is 0. The van der Waals surface area contributed by atoms with Gasteiger partial charge in [0.25, 0.3) is 0 Å². The van der Waals surface area contributed by atoms with E-state index in [0.29, 0.717) is 0 Å². The Morgan fingerprint density at radius 3 is 2.61 bits per heavy atom. The molecule has 18 heavy (non-hydrogen) atoms. The van der Waals surface area contributed by atoms with Gasteiger partial charge < -0.3 is 4.42 Å². The summed E-state index contributed by atoms with van der Waals surface area (Å²) in [5, 5.41) is 2.47. The van der Waals surface area contributed by atoms with Crippen LogP contribution in [0.15, 0.2) is 58.5 Å². The van der Waals surface area contributed by atoms with E-state index < -0.39 is 0 Å². The number of fused-ring (bicyclic) bond motifs is 3. The molecular formula is C17H16O. The highest BCUT2D eigenvalue weighted by molar-refractivity contribution is 6.06. The molecule has 0 aliphatic heterocycles. The molecule has 0 amide bonds. The van der Waals surface area contributed by atoms with Gasteiger partial charge in [0.1, 0.15) is 11.2 Å². The SMILES string of the molecule is CC(C)=CCc1cccc2oc3ccccc3c12. The van der Waals surface area contributed by atoms with Crippen molar-refractivity contribution in [3.05, 3.63) is 59.7 Å². The van der Waals surface area contributed by atoms with Gasteiger partial charge in [0, 0.05) is 10.8 Å². The molecule has 0 unspecified atom stereocenters. The van der Waals surface area contributed by atoms with Crippen LogP contribution in [0.5, 0.6) is 0 Å². The highest BCUT2D eigenvalue weighted by Gasteiger charge is 2.09. The molecule has 1 heteroatoms. The first kappa shape index (κ1) is 11.1. The van der Waals surface area contributed by atoms with Crippen molar-refractivity contribution in [1.82, 2.24) is 0 Å². The topological polar surface area (TPSA) is 13.1 Å². The lowest BCUT2D eigenvalue weighted by Crippen LogP contribution is -1.83. The van der Waals surface area contributed by atoms with Crippen molar-refractivity contribution >= 4 is 21.9 Å². The van der Waals surface area contributed by atoms with Crippen molar-refractivity contribution in [1.29, 1.82) is 0 Å². The van der Waals surface area contributed by atoms with Crippen LogP contribution < -0.4 is 0 Å². The van der Waals surface area contributed by atoms with E-state index in [-0.39, 0.29) is 0 Å². The Kier molecular flexibility index (Phi) is 2.67. The highest BCUT2D eigenvalue weighted by Crippen LogP contribution is 2.31. The summed E-state index contributed by atoms with van der Waals surface area (Å²) in [7, 11) is 0. The average molecular weight is 236 g/mol. The normalized spacial score (nSPS) is 11.0. The first-order chi connectivity index (χ1) is 8.75. The van der Waals surface area contributed by atoms with Crippen LogP contribution in [-0.4, -0.2) is 0 Å². The van der Waals surface area contributed by atoms with Gasteiger partial charge in [0.05, 0.1) is 0 Å². The third-order valence-corrected chi connectivity index (χ3v) is 3.22. The van der Waals surface area contributed by atoms with Gasteiger partial charge in [0.15, 0.2) is 0 Å². The van der Waals surface area contributed by atoms with Gasteiger partial charge in [-0.05, 0) is 38.0 Å². The van der Waals surface area contributed by atoms with Crippen LogP contribution in [-0.2, 0) is 6.42 Å². The smallest absolute Gasteiger partial charge is 0.135 e. The largest absolute Gasteiger partial charge is 0.456 e. The molecule has 0 bridgehead atoms. The third kappa shape index (κ3) is 1.82. The van der Waals surface area contributed by atoms with Crippen LogP contribution in [0.3, 0.4) is 0 Å². The number of hydrogen-bond acceptors (Lipinski definition) is 1. The third-order valence-electron chi connectivity index (χ3n) is 3.22. The number of allylic oxidation sites excluding steroid dienone is 2. The number of benzene rings is 2. The van der Waals surface area contributed by atoms with E-state index in [1.165, 1.54) is 21.9 Å². The first-order valence-electron chi connectivity index (χ1n) is 6.28. The molecule has 1 aromatic heterocycles. The highest BCUT2D eigenvalue weighted by atomic mass is 16.3.